The molecule has 0 radical (unpaired) electrons. The molecule has 46 heavy (non-hydrogen) atoms. The molecule has 5 rings (SSSR count). The summed E-state index contributed by atoms with van der Waals surface area (Å²) in [5.74, 6) is -0.203. The normalized spacial score (nSPS) is 13.3. The smallest absolute Gasteiger partial charge is 0.413 e. The van der Waals surface area contributed by atoms with E-state index in [1.165, 1.54) is 11.3 Å². The number of nitrogens with zero attached hydrogens (tertiary/aromatic N) is 6. The average Bonchev–Trinajstić information content (AvgIpc) is 3.44. The lowest BCUT2D eigenvalue weighted by Gasteiger charge is -2.34. The number of alkyl halides is 3. The van der Waals surface area contributed by atoms with Crippen molar-refractivity contribution in [3.63, 3.8) is 0 Å². The summed E-state index contributed by atoms with van der Waals surface area (Å²) in [6.45, 7) is 12.1. The van der Waals surface area contributed by atoms with Crippen molar-refractivity contribution in [3.8, 4) is 22.5 Å². The molecule has 4 aromatic rings. The van der Waals surface area contributed by atoms with E-state index in [0.717, 1.165) is 16.8 Å². The van der Waals surface area contributed by atoms with E-state index in [9.17, 15) is 22.8 Å². The molecule has 14 heteroatoms. The van der Waals surface area contributed by atoms with Gasteiger partial charge in [0.1, 0.15) is 11.9 Å². The number of H-pyrrole nitrogens is 1. The minimum Gasteiger partial charge on any atom is -0.450 e. The summed E-state index contributed by atoms with van der Waals surface area (Å²) in [5.41, 5.74) is 4.32. The first kappa shape index (κ1) is 35.9. The Labute approximate surface area is 266 Å². The molecule has 0 bridgehead atoms. The molecule has 0 saturated carbocycles. The molecule has 11 nitrogen and oxygen atoms in total. The summed E-state index contributed by atoms with van der Waals surface area (Å²) in [7, 11) is 0. The molecule has 0 unspecified atom stereocenters. The van der Waals surface area contributed by atoms with E-state index in [-0.39, 0.29) is 25.6 Å². The summed E-state index contributed by atoms with van der Waals surface area (Å²) < 4.78 is 42.6. The van der Waals surface area contributed by atoms with Crippen molar-refractivity contribution in [2.45, 2.75) is 60.2 Å². The molecule has 1 aliphatic heterocycles. The summed E-state index contributed by atoms with van der Waals surface area (Å²) in [6.07, 6.45) is -0.302. The van der Waals surface area contributed by atoms with Gasteiger partial charge in [-0.05, 0) is 36.8 Å². The number of anilines is 1. The predicted octanol–water partition coefficient (Wildman–Crippen LogP) is 6.69. The van der Waals surface area contributed by atoms with Gasteiger partial charge in [-0.25, -0.2) is 19.7 Å². The Bertz CT molecular complexity index is 1540. The molecule has 1 fully saturated rings. The highest BCUT2D eigenvalue weighted by Gasteiger charge is 2.34. The highest BCUT2D eigenvalue weighted by molar-refractivity contribution is 5.96. The van der Waals surface area contributed by atoms with Gasteiger partial charge in [0.15, 0.2) is 5.82 Å². The van der Waals surface area contributed by atoms with Crippen molar-refractivity contribution in [2.24, 2.45) is 0 Å². The molecule has 0 atom stereocenters. The van der Waals surface area contributed by atoms with Crippen LogP contribution in [0.25, 0.3) is 33.5 Å². The van der Waals surface area contributed by atoms with E-state index in [4.69, 9.17) is 4.74 Å². The fraction of sp³-hybridized carbons (Fsp3) is 0.438. The lowest BCUT2D eigenvalue weighted by Crippen LogP contribution is -2.49. The van der Waals surface area contributed by atoms with Crippen molar-refractivity contribution in [1.29, 1.82) is 0 Å². The number of fused-ring (bicyclic) bond motifs is 1. The van der Waals surface area contributed by atoms with Crippen molar-refractivity contribution >= 4 is 29.0 Å². The summed E-state index contributed by atoms with van der Waals surface area (Å²) >= 11 is 0. The number of piperazine rings is 1. The summed E-state index contributed by atoms with van der Waals surface area (Å²) in [4.78, 5) is 48.0. The molecule has 4 heterocycles. The summed E-state index contributed by atoms with van der Waals surface area (Å²) in [6, 6.07) is 9.32. The fourth-order valence-electron chi connectivity index (χ4n) is 4.57. The number of halogens is 3. The second kappa shape index (κ2) is 17.2. The van der Waals surface area contributed by atoms with Crippen LogP contribution in [0.1, 0.15) is 53.2 Å². The zero-order valence-electron chi connectivity index (χ0n) is 26.8. The molecule has 1 saturated heterocycles. The van der Waals surface area contributed by atoms with Crippen molar-refractivity contribution in [3.05, 3.63) is 54.6 Å². The number of hydrogen-bond acceptors (Lipinski definition) is 8. The van der Waals surface area contributed by atoms with E-state index >= 15 is 0 Å². The number of amides is 2. The van der Waals surface area contributed by atoms with E-state index in [0.29, 0.717) is 42.1 Å². The molecular formula is C32H41F3N8O3. The molecule has 2 amide bonds. The number of carbonyl (C=O) groups excluding carboxylic acids is 2. The van der Waals surface area contributed by atoms with Gasteiger partial charge >= 0.3 is 12.3 Å². The lowest BCUT2D eigenvalue weighted by atomic mass is 10.0. The maximum atomic E-state index is 12.5. The standard InChI is InChI=1S/C27H27F3N8O3.C3H8.C2H6/c1-2-41-26(40)36-25-34-21-13-18(12-20(23(21)35-25)24-31-6-3-7-32-24)17-4-5-19(33-15-17)16-37-8-10-38(11-9-37)22(39)14-27(28,29)30;1-3-2;1-2/h3-7,12-13,15H,2,8-11,14,16H2,1H3,(H2,34,35,36,40);3H2,1-2H3;1-2H3. The number of carbonyl (C=O) groups is 2. The Morgan fingerprint density at radius 3 is 2.24 bits per heavy atom. The van der Waals surface area contributed by atoms with Crippen LogP contribution in [0.3, 0.4) is 0 Å². The van der Waals surface area contributed by atoms with Gasteiger partial charge in [0.25, 0.3) is 0 Å². The molecule has 1 aromatic carbocycles. The zero-order chi connectivity index (χ0) is 33.7. The fourth-order valence-corrected chi connectivity index (χ4v) is 4.57. The predicted molar refractivity (Wildman–Crippen MR) is 171 cm³/mol. The van der Waals surface area contributed by atoms with Crippen LogP contribution in [0.4, 0.5) is 23.9 Å². The van der Waals surface area contributed by atoms with Gasteiger partial charge in [0, 0.05) is 62.4 Å². The number of imidazole rings is 1. The van der Waals surface area contributed by atoms with Crippen LogP contribution in [0.2, 0.25) is 0 Å². The number of rotatable bonds is 7. The molecular weight excluding hydrogens is 601 g/mol. The third kappa shape index (κ3) is 10.2. The van der Waals surface area contributed by atoms with Crippen LogP contribution < -0.4 is 5.32 Å². The molecule has 0 spiro atoms. The van der Waals surface area contributed by atoms with Gasteiger partial charge in [0.2, 0.25) is 11.9 Å². The van der Waals surface area contributed by atoms with Crippen molar-refractivity contribution in [2.75, 3.05) is 38.1 Å². The first-order chi connectivity index (χ1) is 22.1. The van der Waals surface area contributed by atoms with Crippen LogP contribution in [-0.2, 0) is 16.1 Å². The third-order valence-corrected chi connectivity index (χ3v) is 6.51. The second-order valence-corrected chi connectivity index (χ2v) is 10.1. The van der Waals surface area contributed by atoms with Crippen molar-refractivity contribution in [1.82, 2.24) is 34.7 Å². The van der Waals surface area contributed by atoms with Crippen LogP contribution in [0.5, 0.6) is 0 Å². The largest absolute Gasteiger partial charge is 0.450 e. The zero-order valence-corrected chi connectivity index (χ0v) is 26.8. The van der Waals surface area contributed by atoms with Crippen LogP contribution >= 0.6 is 0 Å². The molecule has 248 valence electrons. The molecule has 2 N–H and O–H groups in total. The summed E-state index contributed by atoms with van der Waals surface area (Å²) in [5, 5.41) is 2.58. The minimum absolute atomic E-state index is 0.222. The topological polar surface area (TPSA) is 129 Å². The highest BCUT2D eigenvalue weighted by atomic mass is 19.4. The monoisotopic (exact) mass is 642 g/mol. The average molecular weight is 643 g/mol. The molecule has 1 aliphatic rings. The number of ether oxygens (including phenoxy) is 1. The third-order valence-electron chi connectivity index (χ3n) is 6.51. The number of benzene rings is 1. The van der Waals surface area contributed by atoms with Crippen molar-refractivity contribution < 1.29 is 27.5 Å². The van der Waals surface area contributed by atoms with Crippen LogP contribution in [0.15, 0.2) is 48.9 Å². The minimum atomic E-state index is -4.50. The van der Waals surface area contributed by atoms with Crippen LogP contribution in [0, 0.1) is 0 Å². The SMILES string of the molecule is CC.CCC.CCOC(=O)Nc1nc2c(-c3ncccn3)cc(-c3ccc(CN4CCN(C(=O)CC(F)(F)F)CC4)nc3)cc2[nH]1. The Morgan fingerprint density at radius 1 is 0.978 bits per heavy atom. The number of aromatic amines is 1. The van der Waals surface area contributed by atoms with Gasteiger partial charge in [-0.15, -0.1) is 0 Å². The van der Waals surface area contributed by atoms with Crippen LogP contribution in [-0.4, -0.2) is 85.7 Å². The first-order valence-corrected chi connectivity index (χ1v) is 15.4. The maximum Gasteiger partial charge on any atom is 0.413 e. The van der Waals surface area contributed by atoms with E-state index < -0.39 is 24.6 Å². The Kier molecular flexibility index (Phi) is 13.4. The Morgan fingerprint density at radius 2 is 1.65 bits per heavy atom. The number of aromatic nitrogens is 5. The van der Waals surface area contributed by atoms with Gasteiger partial charge < -0.3 is 14.6 Å². The number of hydrogen-bond donors (Lipinski definition) is 2. The Hall–Kier alpha value is -4.59. The van der Waals surface area contributed by atoms with Gasteiger partial charge in [-0.1, -0.05) is 40.2 Å². The number of pyridine rings is 1. The quantitative estimate of drug-likeness (QED) is 0.228. The highest BCUT2D eigenvalue weighted by Crippen LogP contribution is 2.32. The van der Waals surface area contributed by atoms with E-state index in [1.54, 1.807) is 31.6 Å². The maximum absolute atomic E-state index is 12.5. The second-order valence-electron chi connectivity index (χ2n) is 10.1. The van der Waals surface area contributed by atoms with E-state index in [2.05, 4.69) is 49.0 Å². The first-order valence-electron chi connectivity index (χ1n) is 15.4. The molecule has 0 aliphatic carbocycles. The van der Waals surface area contributed by atoms with Gasteiger partial charge in [0.05, 0.1) is 17.8 Å². The molecule has 3 aromatic heterocycles. The Balaban J connectivity index is 0.00000109. The number of nitrogens with one attached hydrogen (secondary N) is 2. The van der Waals surface area contributed by atoms with Gasteiger partial charge in [-0.3, -0.25) is 20.0 Å². The van der Waals surface area contributed by atoms with E-state index in [1.807, 2.05) is 38.1 Å². The lowest BCUT2D eigenvalue weighted by molar-refractivity contribution is -0.162. The van der Waals surface area contributed by atoms with Gasteiger partial charge in [-0.2, -0.15) is 13.2 Å².